The van der Waals surface area contributed by atoms with Crippen LogP contribution < -0.4 is 5.56 Å². The van der Waals surface area contributed by atoms with E-state index in [2.05, 4.69) is 4.98 Å². The van der Waals surface area contributed by atoms with Gasteiger partial charge in [-0.25, -0.2) is 0 Å². The lowest BCUT2D eigenvalue weighted by atomic mass is 9.94. The Labute approximate surface area is 123 Å². The first-order valence-electron chi connectivity index (χ1n) is 7.19. The topological polar surface area (TPSA) is 77.0 Å². The number of nitrogens with one attached hydrogen (secondary N) is 1. The first-order valence-corrected chi connectivity index (χ1v) is 7.19. The van der Waals surface area contributed by atoms with Crippen LogP contribution in [0.15, 0.2) is 28.7 Å². The zero-order chi connectivity index (χ0) is 15.2. The van der Waals surface area contributed by atoms with E-state index in [0.29, 0.717) is 5.56 Å². The number of pyridine rings is 1. The van der Waals surface area contributed by atoms with Crippen LogP contribution in [-0.2, 0) is 4.79 Å². The number of nitrogens with zero attached hydrogens (tertiary/aromatic N) is 2. The largest absolute Gasteiger partial charge is 0.338 e. The van der Waals surface area contributed by atoms with Crippen LogP contribution in [-0.4, -0.2) is 28.9 Å². The van der Waals surface area contributed by atoms with Gasteiger partial charge < -0.3 is 9.88 Å². The number of nitriles is 1. The molecule has 0 spiro atoms. The van der Waals surface area contributed by atoms with Gasteiger partial charge in [0, 0.05) is 25.4 Å². The Balaban J connectivity index is 2.18. The summed E-state index contributed by atoms with van der Waals surface area (Å²) in [6.07, 6.45) is 8.42. The van der Waals surface area contributed by atoms with Crippen LogP contribution in [0.4, 0.5) is 0 Å². The van der Waals surface area contributed by atoms with Gasteiger partial charge in [-0.3, -0.25) is 9.59 Å². The molecule has 0 atom stereocenters. The van der Waals surface area contributed by atoms with Gasteiger partial charge in [-0.15, -0.1) is 0 Å². The third-order valence-electron chi connectivity index (χ3n) is 3.90. The van der Waals surface area contributed by atoms with Crippen molar-refractivity contribution in [2.75, 3.05) is 7.05 Å². The van der Waals surface area contributed by atoms with Crippen LogP contribution in [0.3, 0.4) is 0 Å². The van der Waals surface area contributed by atoms with Gasteiger partial charge >= 0.3 is 0 Å². The lowest BCUT2D eigenvalue weighted by Crippen LogP contribution is -2.38. The Kier molecular flexibility index (Phi) is 4.94. The van der Waals surface area contributed by atoms with E-state index in [0.717, 1.165) is 25.7 Å². The van der Waals surface area contributed by atoms with E-state index in [-0.39, 0.29) is 23.1 Å². The smallest absolute Gasteiger partial charge is 0.264 e. The van der Waals surface area contributed by atoms with Gasteiger partial charge in [-0.2, -0.15) is 5.26 Å². The summed E-state index contributed by atoms with van der Waals surface area (Å²) in [5.74, 6) is -0.273. The van der Waals surface area contributed by atoms with E-state index in [1.165, 1.54) is 24.8 Å². The maximum absolute atomic E-state index is 12.4. The van der Waals surface area contributed by atoms with Gasteiger partial charge in [0.05, 0.1) is 0 Å². The molecule has 1 heterocycles. The molecular formula is C16H19N3O2. The monoisotopic (exact) mass is 285 g/mol. The van der Waals surface area contributed by atoms with E-state index in [1.54, 1.807) is 18.0 Å². The molecule has 0 bridgehead atoms. The minimum atomic E-state index is -0.273. The van der Waals surface area contributed by atoms with E-state index in [9.17, 15) is 14.9 Å². The van der Waals surface area contributed by atoms with Crippen molar-refractivity contribution in [3.05, 3.63) is 39.8 Å². The molecule has 2 rings (SSSR count). The zero-order valence-corrected chi connectivity index (χ0v) is 12.1. The highest BCUT2D eigenvalue weighted by atomic mass is 16.2. The molecule has 0 radical (unpaired) electrons. The minimum absolute atomic E-state index is 0.0636. The summed E-state index contributed by atoms with van der Waals surface area (Å²) in [5.41, 5.74) is 0.364. The standard InChI is InChI=1S/C16H19N3O2/c1-19(14-5-3-2-4-6-14)16(21)13(11-17)9-12-7-8-18-15(20)10-12/h7-10,14H,2-6H2,1H3,(H,18,20)/b13-9-. The molecule has 1 aliphatic rings. The molecule has 21 heavy (non-hydrogen) atoms. The second-order valence-electron chi connectivity index (χ2n) is 5.36. The number of aromatic amines is 1. The Morgan fingerprint density at radius 3 is 2.76 bits per heavy atom. The van der Waals surface area contributed by atoms with E-state index in [4.69, 9.17) is 0 Å². The number of carbonyl (C=O) groups excluding carboxylic acids is 1. The maximum atomic E-state index is 12.4. The molecule has 0 saturated heterocycles. The Hall–Kier alpha value is -2.35. The molecule has 1 aromatic rings. The number of likely N-dealkylation sites (N-methyl/N-ethyl adjacent to an activating group) is 1. The number of hydrogen-bond acceptors (Lipinski definition) is 3. The molecule has 1 aliphatic carbocycles. The first-order chi connectivity index (χ1) is 10.1. The fraction of sp³-hybridized carbons (Fsp3) is 0.438. The second kappa shape index (κ2) is 6.89. The van der Waals surface area contributed by atoms with Crippen molar-refractivity contribution in [1.82, 2.24) is 9.88 Å². The van der Waals surface area contributed by atoms with Crippen molar-refractivity contribution in [3.8, 4) is 6.07 Å². The molecular weight excluding hydrogens is 266 g/mol. The molecule has 1 saturated carbocycles. The summed E-state index contributed by atoms with van der Waals surface area (Å²) in [6, 6.07) is 5.18. The van der Waals surface area contributed by atoms with Crippen molar-refractivity contribution in [1.29, 1.82) is 5.26 Å². The highest BCUT2D eigenvalue weighted by Gasteiger charge is 2.24. The van der Waals surface area contributed by atoms with Crippen LogP contribution in [0.1, 0.15) is 37.7 Å². The summed E-state index contributed by atoms with van der Waals surface area (Å²) in [4.78, 5) is 27.8. The summed E-state index contributed by atoms with van der Waals surface area (Å²) in [5, 5.41) is 9.22. The van der Waals surface area contributed by atoms with E-state index < -0.39 is 0 Å². The molecule has 0 aliphatic heterocycles. The molecule has 5 nitrogen and oxygen atoms in total. The summed E-state index contributed by atoms with van der Waals surface area (Å²) >= 11 is 0. The number of amides is 1. The van der Waals surface area contributed by atoms with Crippen molar-refractivity contribution >= 4 is 12.0 Å². The fourth-order valence-corrected chi connectivity index (χ4v) is 2.68. The van der Waals surface area contributed by atoms with E-state index in [1.807, 2.05) is 6.07 Å². The van der Waals surface area contributed by atoms with Crippen LogP contribution in [0.25, 0.3) is 6.08 Å². The Morgan fingerprint density at radius 2 is 2.14 bits per heavy atom. The number of aromatic nitrogens is 1. The van der Waals surface area contributed by atoms with Gasteiger partial charge in [0.1, 0.15) is 11.6 Å². The molecule has 5 heteroatoms. The lowest BCUT2D eigenvalue weighted by molar-refractivity contribution is -0.127. The van der Waals surface area contributed by atoms with Crippen molar-refractivity contribution in [3.63, 3.8) is 0 Å². The summed E-state index contributed by atoms with van der Waals surface area (Å²) in [7, 11) is 1.75. The number of carbonyl (C=O) groups is 1. The van der Waals surface area contributed by atoms with Gasteiger partial charge in [0.15, 0.2) is 0 Å². The Bertz CT molecular complexity index is 633. The minimum Gasteiger partial charge on any atom is -0.338 e. The third kappa shape index (κ3) is 3.82. The van der Waals surface area contributed by atoms with Crippen molar-refractivity contribution < 1.29 is 4.79 Å². The summed E-state index contributed by atoms with van der Waals surface area (Å²) in [6.45, 7) is 0. The van der Waals surface area contributed by atoms with E-state index >= 15 is 0 Å². The lowest BCUT2D eigenvalue weighted by Gasteiger charge is -2.31. The van der Waals surface area contributed by atoms with Crippen LogP contribution in [0, 0.1) is 11.3 Å². The van der Waals surface area contributed by atoms with Gasteiger partial charge in [0.2, 0.25) is 5.56 Å². The van der Waals surface area contributed by atoms with Crippen LogP contribution >= 0.6 is 0 Å². The van der Waals surface area contributed by atoms with Crippen molar-refractivity contribution in [2.45, 2.75) is 38.1 Å². The highest BCUT2D eigenvalue weighted by Crippen LogP contribution is 2.22. The number of hydrogen-bond donors (Lipinski definition) is 1. The predicted molar refractivity (Wildman–Crippen MR) is 80.3 cm³/mol. The van der Waals surface area contributed by atoms with Crippen molar-refractivity contribution in [2.24, 2.45) is 0 Å². The number of H-pyrrole nitrogens is 1. The molecule has 110 valence electrons. The average molecular weight is 285 g/mol. The quantitative estimate of drug-likeness (QED) is 0.682. The van der Waals surface area contributed by atoms with Gasteiger partial charge in [-0.05, 0) is 30.5 Å². The molecule has 1 N–H and O–H groups in total. The fourth-order valence-electron chi connectivity index (χ4n) is 2.68. The predicted octanol–water partition coefficient (Wildman–Crippen LogP) is 2.07. The van der Waals surface area contributed by atoms with Crippen LogP contribution in [0.2, 0.25) is 0 Å². The average Bonchev–Trinajstić information content (AvgIpc) is 2.52. The highest BCUT2D eigenvalue weighted by molar-refractivity contribution is 6.01. The van der Waals surface area contributed by atoms with Crippen LogP contribution in [0.5, 0.6) is 0 Å². The maximum Gasteiger partial charge on any atom is 0.264 e. The molecule has 1 aromatic heterocycles. The zero-order valence-electron chi connectivity index (χ0n) is 12.1. The van der Waals surface area contributed by atoms with Gasteiger partial charge in [0.25, 0.3) is 5.91 Å². The SMILES string of the molecule is CN(C(=O)/C(C#N)=C\c1cc[nH]c(=O)c1)C1CCCCC1. The number of rotatable bonds is 3. The third-order valence-corrected chi connectivity index (χ3v) is 3.90. The molecule has 0 aromatic carbocycles. The normalized spacial score (nSPS) is 16.3. The molecule has 0 unspecified atom stereocenters. The summed E-state index contributed by atoms with van der Waals surface area (Å²) < 4.78 is 0. The first kappa shape index (κ1) is 15.0. The van der Waals surface area contributed by atoms with Gasteiger partial charge in [-0.1, -0.05) is 19.3 Å². The molecule has 1 amide bonds. The molecule has 1 fully saturated rings. The second-order valence-corrected chi connectivity index (χ2v) is 5.36. The Morgan fingerprint density at radius 1 is 1.43 bits per heavy atom.